The molecule has 0 spiro atoms. The third-order valence-electron chi connectivity index (χ3n) is 4.61. The number of carbonyl (C=O) groups is 1. The van der Waals surface area contributed by atoms with Crippen molar-refractivity contribution < 1.29 is 9.53 Å². The van der Waals surface area contributed by atoms with Gasteiger partial charge in [0.1, 0.15) is 5.75 Å². The number of ether oxygens (including phenoxy) is 1. The molecule has 28 heavy (non-hydrogen) atoms. The molecule has 3 rings (SSSR count). The molecular weight excluding hydrogens is 368 g/mol. The Labute approximate surface area is 169 Å². The third-order valence-corrected chi connectivity index (χ3v) is 5.65. The molecule has 1 heterocycles. The highest BCUT2D eigenvalue weighted by atomic mass is 32.1. The van der Waals surface area contributed by atoms with Crippen LogP contribution in [0.25, 0.3) is 10.2 Å². The summed E-state index contributed by atoms with van der Waals surface area (Å²) in [5.41, 5.74) is 3.93. The normalized spacial score (nSPS) is 11.6. The molecular formula is C23H24N2O2S. The van der Waals surface area contributed by atoms with Crippen LogP contribution in [0.2, 0.25) is 0 Å². The van der Waals surface area contributed by atoms with E-state index in [9.17, 15) is 4.79 Å². The molecule has 3 aromatic rings. The van der Waals surface area contributed by atoms with Gasteiger partial charge in [-0.1, -0.05) is 30.6 Å². The number of carbonyl (C=O) groups excluding carboxylic acids is 1. The number of aromatic nitrogens is 1. The van der Waals surface area contributed by atoms with Crippen LogP contribution in [0, 0.1) is 26.2 Å². The van der Waals surface area contributed by atoms with E-state index < -0.39 is 0 Å². The number of terminal acetylenes is 1. The fourth-order valence-corrected chi connectivity index (χ4v) is 3.94. The van der Waals surface area contributed by atoms with Crippen molar-refractivity contribution in [3.8, 4) is 18.1 Å². The molecule has 5 heteroatoms. The lowest BCUT2D eigenvalue weighted by atomic mass is 10.1. The lowest BCUT2D eigenvalue weighted by molar-refractivity contribution is 0.0998. The van der Waals surface area contributed by atoms with E-state index in [0.717, 1.165) is 28.8 Å². The smallest absolute Gasteiger partial charge is 0.279 e. The molecule has 1 amide bonds. The Balaban J connectivity index is 1.94. The first-order chi connectivity index (χ1) is 13.5. The van der Waals surface area contributed by atoms with Gasteiger partial charge in [0, 0.05) is 5.56 Å². The number of fused-ring (bicyclic) bond motifs is 1. The molecule has 1 aromatic heterocycles. The van der Waals surface area contributed by atoms with E-state index in [1.165, 1.54) is 22.5 Å². The van der Waals surface area contributed by atoms with E-state index in [0.29, 0.717) is 23.5 Å². The Bertz CT molecular complexity index is 1100. The summed E-state index contributed by atoms with van der Waals surface area (Å²) < 4.78 is 8.64. The fourth-order valence-electron chi connectivity index (χ4n) is 2.83. The molecule has 0 aliphatic heterocycles. The second-order valence-electron chi connectivity index (χ2n) is 6.72. The highest BCUT2D eigenvalue weighted by Crippen LogP contribution is 2.22. The van der Waals surface area contributed by atoms with Gasteiger partial charge in [-0.2, -0.15) is 4.99 Å². The topological polar surface area (TPSA) is 43.6 Å². The molecule has 0 atom stereocenters. The van der Waals surface area contributed by atoms with Gasteiger partial charge >= 0.3 is 0 Å². The van der Waals surface area contributed by atoms with E-state index in [4.69, 9.17) is 11.2 Å². The average molecular weight is 393 g/mol. The first-order valence-corrected chi connectivity index (χ1v) is 10.2. The number of nitrogens with zero attached hydrogens (tertiary/aromatic N) is 2. The van der Waals surface area contributed by atoms with E-state index in [1.807, 2.05) is 16.7 Å². The fraction of sp³-hybridized carbons (Fsp3) is 0.304. The van der Waals surface area contributed by atoms with Gasteiger partial charge in [0.25, 0.3) is 5.91 Å². The maximum atomic E-state index is 12.7. The van der Waals surface area contributed by atoms with Crippen LogP contribution in [0.4, 0.5) is 0 Å². The zero-order valence-corrected chi connectivity index (χ0v) is 17.3. The first-order valence-electron chi connectivity index (χ1n) is 9.39. The minimum Gasteiger partial charge on any atom is -0.494 e. The predicted molar refractivity (Wildman–Crippen MR) is 115 cm³/mol. The van der Waals surface area contributed by atoms with Crippen molar-refractivity contribution in [3.05, 3.63) is 57.9 Å². The zero-order valence-electron chi connectivity index (χ0n) is 16.5. The molecule has 4 nitrogen and oxygen atoms in total. The lowest BCUT2D eigenvalue weighted by Gasteiger charge is -2.05. The monoisotopic (exact) mass is 392 g/mol. The van der Waals surface area contributed by atoms with Crippen LogP contribution in [-0.4, -0.2) is 17.1 Å². The Morgan fingerprint density at radius 2 is 1.93 bits per heavy atom. The van der Waals surface area contributed by atoms with Gasteiger partial charge in [0.2, 0.25) is 0 Å². The highest BCUT2D eigenvalue weighted by molar-refractivity contribution is 7.16. The number of hydrogen-bond acceptors (Lipinski definition) is 3. The van der Waals surface area contributed by atoms with Crippen molar-refractivity contribution in [2.24, 2.45) is 4.99 Å². The minimum absolute atomic E-state index is 0.286. The number of unbranched alkanes of at least 4 members (excludes halogenated alkanes) is 1. The zero-order chi connectivity index (χ0) is 20.1. The SMILES string of the molecule is C#CCn1c(=NC(=O)c2ccc(OCCCC)cc2)sc2cc(C)c(C)cc21. The molecule has 0 saturated heterocycles. The second-order valence-corrected chi connectivity index (χ2v) is 7.73. The Morgan fingerprint density at radius 3 is 2.61 bits per heavy atom. The lowest BCUT2D eigenvalue weighted by Crippen LogP contribution is -2.16. The number of amides is 1. The molecule has 0 fully saturated rings. The molecule has 0 saturated carbocycles. The number of benzene rings is 2. The molecule has 0 unspecified atom stereocenters. The van der Waals surface area contributed by atoms with Crippen LogP contribution in [0.1, 0.15) is 41.3 Å². The first kappa shape index (κ1) is 19.9. The molecule has 144 valence electrons. The van der Waals surface area contributed by atoms with Gasteiger partial charge in [0.15, 0.2) is 4.80 Å². The van der Waals surface area contributed by atoms with Crippen molar-refractivity contribution in [2.75, 3.05) is 6.61 Å². The van der Waals surface area contributed by atoms with Crippen LogP contribution in [-0.2, 0) is 6.54 Å². The van der Waals surface area contributed by atoms with E-state index >= 15 is 0 Å². The van der Waals surface area contributed by atoms with E-state index in [2.05, 4.69) is 43.8 Å². The summed E-state index contributed by atoms with van der Waals surface area (Å²) in [7, 11) is 0. The summed E-state index contributed by atoms with van der Waals surface area (Å²) in [5.74, 6) is 3.14. The van der Waals surface area contributed by atoms with Crippen LogP contribution in [0.5, 0.6) is 5.75 Å². The van der Waals surface area contributed by atoms with Gasteiger partial charge in [-0.25, -0.2) is 0 Å². The Kier molecular flexibility index (Phi) is 6.33. The third kappa shape index (κ3) is 4.35. The van der Waals surface area contributed by atoms with E-state index in [-0.39, 0.29) is 5.91 Å². The van der Waals surface area contributed by atoms with Crippen molar-refractivity contribution >= 4 is 27.5 Å². The van der Waals surface area contributed by atoms with Gasteiger partial charge < -0.3 is 9.30 Å². The number of aryl methyl sites for hydroxylation is 2. The average Bonchev–Trinajstić information content (AvgIpc) is 2.99. The largest absolute Gasteiger partial charge is 0.494 e. The number of hydrogen-bond donors (Lipinski definition) is 0. The molecule has 0 aliphatic carbocycles. The number of thiazole rings is 1. The molecule has 0 aliphatic rings. The molecule has 2 aromatic carbocycles. The maximum Gasteiger partial charge on any atom is 0.279 e. The number of rotatable bonds is 6. The Hall–Kier alpha value is -2.84. The summed E-state index contributed by atoms with van der Waals surface area (Å²) in [4.78, 5) is 17.7. The molecule has 0 N–H and O–H groups in total. The van der Waals surface area contributed by atoms with Gasteiger partial charge in [-0.05, 0) is 67.8 Å². The minimum atomic E-state index is -0.286. The quantitative estimate of drug-likeness (QED) is 0.444. The van der Waals surface area contributed by atoms with Crippen LogP contribution in [0.3, 0.4) is 0 Å². The van der Waals surface area contributed by atoms with Crippen molar-refractivity contribution in [3.63, 3.8) is 0 Å². The second kappa shape index (κ2) is 8.90. The van der Waals surface area contributed by atoms with Crippen molar-refractivity contribution in [1.82, 2.24) is 4.57 Å². The van der Waals surface area contributed by atoms with Crippen molar-refractivity contribution in [1.29, 1.82) is 0 Å². The predicted octanol–water partition coefficient (Wildman–Crippen LogP) is 4.87. The molecule has 0 bridgehead atoms. The summed E-state index contributed by atoms with van der Waals surface area (Å²) in [6.07, 6.45) is 7.64. The van der Waals surface area contributed by atoms with Crippen LogP contribution < -0.4 is 9.54 Å². The summed E-state index contributed by atoms with van der Waals surface area (Å²) >= 11 is 1.48. The van der Waals surface area contributed by atoms with Gasteiger partial charge in [-0.3, -0.25) is 4.79 Å². The van der Waals surface area contributed by atoms with E-state index in [1.54, 1.807) is 12.1 Å². The maximum absolute atomic E-state index is 12.7. The summed E-state index contributed by atoms with van der Waals surface area (Å²) in [6, 6.07) is 11.3. The van der Waals surface area contributed by atoms with Crippen LogP contribution >= 0.6 is 11.3 Å². The Morgan fingerprint density at radius 1 is 1.21 bits per heavy atom. The molecule has 0 radical (unpaired) electrons. The summed E-state index contributed by atoms with van der Waals surface area (Å²) in [5, 5.41) is 0. The van der Waals surface area contributed by atoms with Gasteiger partial charge in [0.05, 0.1) is 23.4 Å². The van der Waals surface area contributed by atoms with Crippen LogP contribution in [0.15, 0.2) is 41.4 Å². The van der Waals surface area contributed by atoms with Gasteiger partial charge in [-0.15, -0.1) is 6.42 Å². The standard InChI is InChI=1S/C23H24N2O2S/c1-5-7-13-27-19-10-8-18(9-11-19)22(26)24-23-25(12-6-2)20-14-16(3)17(4)15-21(20)28-23/h2,8-11,14-15H,5,7,12-13H2,1,3-4H3. The highest BCUT2D eigenvalue weighted by Gasteiger charge is 2.10. The summed E-state index contributed by atoms with van der Waals surface area (Å²) in [6.45, 7) is 7.32. The van der Waals surface area contributed by atoms with Crippen molar-refractivity contribution in [2.45, 2.75) is 40.2 Å².